The molecular weight excluding hydrogens is 460 g/mol. The molecule has 2 heterocycles. The molecule has 0 unspecified atom stereocenters. The van der Waals surface area contributed by atoms with Gasteiger partial charge in [-0.25, -0.2) is 4.98 Å². The van der Waals surface area contributed by atoms with E-state index >= 15 is 0 Å². The molecule has 0 saturated heterocycles. The van der Waals surface area contributed by atoms with E-state index in [1.807, 2.05) is 66.9 Å². The number of aromatic nitrogens is 3. The van der Waals surface area contributed by atoms with Crippen molar-refractivity contribution >= 4 is 51.6 Å². The molecule has 0 aliphatic rings. The van der Waals surface area contributed by atoms with Gasteiger partial charge in [0.05, 0.1) is 5.75 Å². The van der Waals surface area contributed by atoms with Crippen molar-refractivity contribution in [1.29, 1.82) is 0 Å². The number of hydrogen-bond acceptors (Lipinski definition) is 6. The van der Waals surface area contributed by atoms with E-state index in [4.69, 9.17) is 17.2 Å². The first-order valence-electron chi connectivity index (χ1n) is 9.98. The van der Waals surface area contributed by atoms with Crippen LogP contribution in [0.2, 0.25) is 0 Å². The molecule has 2 aromatic heterocycles. The van der Waals surface area contributed by atoms with Crippen molar-refractivity contribution in [1.82, 2.24) is 19.4 Å². The predicted molar refractivity (Wildman–Crippen MR) is 134 cm³/mol. The molecule has 0 atom stereocenters. The number of rotatable bonds is 6. The fourth-order valence-corrected chi connectivity index (χ4v) is 5.29. The summed E-state index contributed by atoms with van der Waals surface area (Å²) in [5.74, 6) is 0.0400. The average molecular weight is 483 g/mol. The Morgan fingerprint density at radius 3 is 2.38 bits per heavy atom. The Bertz CT molecular complexity index is 1400. The SMILES string of the molecule is Cc1ccc(CNC(=O)CSc2nc3c(sc(=S)n3-c3ccc(C)cc3)c(=O)n2C)cc1. The Morgan fingerprint density at radius 1 is 1.09 bits per heavy atom. The van der Waals surface area contributed by atoms with Crippen LogP contribution >= 0.6 is 35.3 Å². The summed E-state index contributed by atoms with van der Waals surface area (Å²) in [6.45, 7) is 4.50. The van der Waals surface area contributed by atoms with Crippen molar-refractivity contribution in [2.75, 3.05) is 5.75 Å². The van der Waals surface area contributed by atoms with Gasteiger partial charge >= 0.3 is 0 Å². The number of amides is 1. The van der Waals surface area contributed by atoms with Crippen LogP contribution in [-0.2, 0) is 18.4 Å². The van der Waals surface area contributed by atoms with Crippen LogP contribution in [0.25, 0.3) is 16.0 Å². The lowest BCUT2D eigenvalue weighted by Crippen LogP contribution is -2.25. The average Bonchev–Trinajstić information content (AvgIpc) is 3.11. The fourth-order valence-electron chi connectivity index (χ4n) is 3.15. The molecule has 32 heavy (non-hydrogen) atoms. The highest BCUT2D eigenvalue weighted by molar-refractivity contribution is 7.99. The number of carbonyl (C=O) groups excluding carboxylic acids is 1. The molecule has 0 aliphatic carbocycles. The van der Waals surface area contributed by atoms with Gasteiger partial charge in [0.25, 0.3) is 5.56 Å². The van der Waals surface area contributed by atoms with Crippen LogP contribution in [0.3, 0.4) is 0 Å². The number of aryl methyl sites for hydroxylation is 2. The summed E-state index contributed by atoms with van der Waals surface area (Å²) in [5, 5.41) is 3.39. The highest BCUT2D eigenvalue weighted by Gasteiger charge is 2.17. The highest BCUT2D eigenvalue weighted by Crippen LogP contribution is 2.25. The predicted octanol–water partition coefficient (Wildman–Crippen LogP) is 4.54. The van der Waals surface area contributed by atoms with Crippen LogP contribution in [0.1, 0.15) is 16.7 Å². The Labute approximate surface area is 198 Å². The van der Waals surface area contributed by atoms with Gasteiger partial charge in [-0.2, -0.15) is 0 Å². The van der Waals surface area contributed by atoms with Gasteiger partial charge in [-0.05, 0) is 43.8 Å². The first-order valence-corrected chi connectivity index (χ1v) is 12.2. The minimum atomic E-state index is -0.167. The van der Waals surface area contributed by atoms with E-state index in [9.17, 15) is 9.59 Å². The zero-order chi connectivity index (χ0) is 22.8. The summed E-state index contributed by atoms with van der Waals surface area (Å²) < 4.78 is 4.36. The summed E-state index contributed by atoms with van der Waals surface area (Å²) in [7, 11) is 1.67. The van der Waals surface area contributed by atoms with Crippen LogP contribution < -0.4 is 10.9 Å². The Morgan fingerprint density at radius 2 is 1.72 bits per heavy atom. The molecule has 0 aliphatic heterocycles. The zero-order valence-corrected chi connectivity index (χ0v) is 20.4. The van der Waals surface area contributed by atoms with Crippen molar-refractivity contribution in [2.45, 2.75) is 25.5 Å². The third-order valence-corrected chi connectivity index (χ3v) is 7.39. The quantitative estimate of drug-likeness (QED) is 0.248. The maximum absolute atomic E-state index is 12.9. The monoisotopic (exact) mass is 482 g/mol. The summed E-state index contributed by atoms with van der Waals surface area (Å²) in [5.41, 5.74) is 4.57. The van der Waals surface area contributed by atoms with Crippen LogP contribution in [0.15, 0.2) is 58.5 Å². The molecule has 0 spiro atoms. The number of hydrogen-bond donors (Lipinski definition) is 1. The highest BCUT2D eigenvalue weighted by atomic mass is 32.2. The topological polar surface area (TPSA) is 68.9 Å². The molecule has 0 bridgehead atoms. The van der Waals surface area contributed by atoms with Gasteiger partial charge in [0.15, 0.2) is 14.8 Å². The van der Waals surface area contributed by atoms with E-state index in [1.54, 1.807) is 7.05 Å². The van der Waals surface area contributed by atoms with Gasteiger partial charge in [0.2, 0.25) is 5.91 Å². The lowest BCUT2D eigenvalue weighted by molar-refractivity contribution is -0.118. The number of thioether (sulfide) groups is 1. The zero-order valence-electron chi connectivity index (χ0n) is 17.9. The summed E-state index contributed by atoms with van der Waals surface area (Å²) in [6.07, 6.45) is 0. The van der Waals surface area contributed by atoms with Crippen molar-refractivity contribution in [3.63, 3.8) is 0 Å². The smallest absolute Gasteiger partial charge is 0.273 e. The Balaban J connectivity index is 1.56. The summed E-state index contributed by atoms with van der Waals surface area (Å²) in [6, 6.07) is 15.9. The fraction of sp³-hybridized carbons (Fsp3) is 0.217. The van der Waals surface area contributed by atoms with Crippen LogP contribution in [0.5, 0.6) is 0 Å². The molecule has 9 heteroatoms. The van der Waals surface area contributed by atoms with E-state index in [1.165, 1.54) is 33.2 Å². The van der Waals surface area contributed by atoms with Gasteiger partial charge in [-0.3, -0.25) is 18.7 Å². The first-order chi connectivity index (χ1) is 15.3. The molecule has 4 rings (SSSR count). The van der Waals surface area contributed by atoms with E-state index in [2.05, 4.69) is 5.32 Å². The third kappa shape index (κ3) is 4.69. The molecule has 0 saturated carbocycles. The van der Waals surface area contributed by atoms with Crippen LogP contribution in [0.4, 0.5) is 0 Å². The summed E-state index contributed by atoms with van der Waals surface area (Å²) >= 11 is 8.02. The molecule has 0 fully saturated rings. The van der Waals surface area contributed by atoms with E-state index in [-0.39, 0.29) is 17.2 Å². The molecule has 6 nitrogen and oxygen atoms in total. The molecule has 0 radical (unpaired) electrons. The normalized spacial score (nSPS) is 11.1. The minimum absolute atomic E-state index is 0.120. The second kappa shape index (κ2) is 9.40. The van der Waals surface area contributed by atoms with Crippen molar-refractivity contribution in [2.24, 2.45) is 7.05 Å². The molecule has 4 aromatic rings. The molecular formula is C23H22N4O2S3. The minimum Gasteiger partial charge on any atom is -0.351 e. The lowest BCUT2D eigenvalue weighted by Gasteiger charge is -2.10. The number of nitrogens with one attached hydrogen (secondary N) is 1. The van der Waals surface area contributed by atoms with Crippen molar-refractivity contribution < 1.29 is 4.79 Å². The van der Waals surface area contributed by atoms with E-state index in [0.717, 1.165) is 16.8 Å². The second-order valence-corrected chi connectivity index (χ2v) is 10.1. The van der Waals surface area contributed by atoms with E-state index in [0.29, 0.717) is 26.0 Å². The third-order valence-electron chi connectivity index (χ3n) is 5.01. The molecule has 2 aromatic carbocycles. The maximum Gasteiger partial charge on any atom is 0.273 e. The summed E-state index contributed by atoms with van der Waals surface area (Å²) in [4.78, 5) is 30.0. The van der Waals surface area contributed by atoms with Gasteiger partial charge in [-0.1, -0.05) is 70.6 Å². The van der Waals surface area contributed by atoms with Crippen molar-refractivity contribution in [3.8, 4) is 5.69 Å². The Kier molecular flexibility index (Phi) is 6.59. The first kappa shape index (κ1) is 22.4. The van der Waals surface area contributed by atoms with Crippen LogP contribution in [-0.4, -0.2) is 25.8 Å². The second-order valence-electron chi connectivity index (χ2n) is 7.50. The van der Waals surface area contributed by atoms with E-state index < -0.39 is 0 Å². The number of benzene rings is 2. The Hall–Kier alpha value is -2.75. The van der Waals surface area contributed by atoms with Gasteiger partial charge in [0.1, 0.15) is 4.70 Å². The molecule has 164 valence electrons. The number of nitrogens with zero attached hydrogens (tertiary/aromatic N) is 3. The van der Waals surface area contributed by atoms with Crippen molar-refractivity contribution in [3.05, 3.63) is 79.5 Å². The van der Waals surface area contributed by atoms with Gasteiger partial charge in [0, 0.05) is 19.3 Å². The van der Waals surface area contributed by atoms with Gasteiger partial charge in [-0.15, -0.1) is 0 Å². The lowest BCUT2D eigenvalue weighted by atomic mass is 10.1. The molecule has 1 N–H and O–H groups in total. The van der Waals surface area contributed by atoms with Crippen LogP contribution in [0, 0.1) is 17.8 Å². The largest absolute Gasteiger partial charge is 0.351 e. The van der Waals surface area contributed by atoms with Gasteiger partial charge < -0.3 is 5.32 Å². The number of carbonyl (C=O) groups is 1. The standard InChI is InChI=1S/C23H22N4O2S3/c1-14-4-8-16(9-5-14)12-24-18(28)13-31-22-25-20-19(21(29)26(22)3)32-23(30)27(20)17-10-6-15(2)7-11-17/h4-11H,12-13H2,1-3H3,(H,24,28). The number of fused-ring (bicyclic) bond motifs is 1. The maximum atomic E-state index is 12.9. The molecule has 1 amide bonds. The number of thiazole rings is 1.